The molecule has 0 spiro atoms. The molecule has 0 aliphatic carbocycles. The molecule has 2 atom stereocenters. The summed E-state index contributed by atoms with van der Waals surface area (Å²) in [6, 6.07) is 24.3. The van der Waals surface area contributed by atoms with Gasteiger partial charge in [0.15, 0.2) is 6.04 Å². The molecule has 4 heteroatoms. The maximum absolute atomic E-state index is 13.1. The second-order valence-electron chi connectivity index (χ2n) is 6.75. The van der Waals surface area contributed by atoms with Crippen molar-refractivity contribution >= 4 is 17.2 Å². The van der Waals surface area contributed by atoms with Crippen LogP contribution in [-0.2, 0) is 11.3 Å². The molecule has 1 amide bonds. The van der Waals surface area contributed by atoms with Crippen molar-refractivity contribution in [1.29, 1.82) is 0 Å². The molecular formula is C23H27N2OS+. The van der Waals surface area contributed by atoms with Gasteiger partial charge in [-0.25, -0.2) is 0 Å². The first-order valence-corrected chi connectivity index (χ1v) is 10.3. The standard InChI is InChI=1S/C23H26N2OS/c1-3-25(17-21-15-10-16-27-21)18(2)23(26)24-22(19-11-6-4-7-12-19)20-13-8-5-9-14-20/h4-16,18,22H,3,17H2,1-2H3,(H,24,26)/p+1/t18-/m1/s1. The summed E-state index contributed by atoms with van der Waals surface area (Å²) in [5, 5.41) is 5.38. The number of rotatable bonds is 8. The fourth-order valence-corrected chi connectivity index (χ4v) is 4.08. The van der Waals surface area contributed by atoms with Gasteiger partial charge in [-0.1, -0.05) is 66.7 Å². The average Bonchev–Trinajstić information content (AvgIpc) is 3.24. The Bertz CT molecular complexity index is 779. The summed E-state index contributed by atoms with van der Waals surface area (Å²) in [4.78, 5) is 15.7. The molecule has 140 valence electrons. The summed E-state index contributed by atoms with van der Waals surface area (Å²) in [7, 11) is 0. The van der Waals surface area contributed by atoms with Crippen LogP contribution in [-0.4, -0.2) is 18.5 Å². The molecule has 3 aromatic rings. The number of amides is 1. The maximum atomic E-state index is 13.1. The summed E-state index contributed by atoms with van der Waals surface area (Å²) in [6.45, 7) is 5.95. The molecule has 2 aromatic carbocycles. The zero-order valence-electron chi connectivity index (χ0n) is 15.9. The van der Waals surface area contributed by atoms with Crippen LogP contribution in [0, 0.1) is 0 Å². The topological polar surface area (TPSA) is 33.5 Å². The van der Waals surface area contributed by atoms with Gasteiger partial charge in [0.25, 0.3) is 5.91 Å². The van der Waals surface area contributed by atoms with Crippen molar-refractivity contribution in [2.75, 3.05) is 6.54 Å². The van der Waals surface area contributed by atoms with Crippen molar-refractivity contribution in [2.24, 2.45) is 0 Å². The van der Waals surface area contributed by atoms with Crippen molar-refractivity contribution in [3.05, 3.63) is 94.2 Å². The summed E-state index contributed by atoms with van der Waals surface area (Å²) >= 11 is 1.75. The van der Waals surface area contributed by atoms with E-state index < -0.39 is 0 Å². The van der Waals surface area contributed by atoms with Crippen molar-refractivity contribution in [3.8, 4) is 0 Å². The largest absolute Gasteiger partial charge is 0.340 e. The molecule has 0 saturated carbocycles. The van der Waals surface area contributed by atoms with Crippen molar-refractivity contribution < 1.29 is 9.69 Å². The Morgan fingerprint density at radius 2 is 1.56 bits per heavy atom. The van der Waals surface area contributed by atoms with Gasteiger partial charge in [-0.15, -0.1) is 11.3 Å². The van der Waals surface area contributed by atoms with Crippen molar-refractivity contribution in [2.45, 2.75) is 32.5 Å². The highest BCUT2D eigenvalue weighted by Gasteiger charge is 2.27. The minimum atomic E-state index is -0.137. The van der Waals surface area contributed by atoms with Gasteiger partial charge < -0.3 is 10.2 Å². The first-order valence-electron chi connectivity index (χ1n) is 9.46. The molecule has 0 radical (unpaired) electrons. The Morgan fingerprint density at radius 1 is 0.963 bits per heavy atom. The number of nitrogens with one attached hydrogen (secondary N) is 2. The molecule has 0 aliphatic heterocycles. The van der Waals surface area contributed by atoms with Crippen LogP contribution >= 0.6 is 11.3 Å². The number of likely N-dealkylation sites (N-methyl/N-ethyl adjacent to an activating group) is 1. The van der Waals surface area contributed by atoms with Crippen molar-refractivity contribution in [3.63, 3.8) is 0 Å². The lowest BCUT2D eigenvalue weighted by Crippen LogP contribution is -3.15. The molecule has 1 aromatic heterocycles. The highest BCUT2D eigenvalue weighted by Crippen LogP contribution is 2.21. The van der Waals surface area contributed by atoms with Crippen LogP contribution in [0.25, 0.3) is 0 Å². The number of benzene rings is 2. The summed E-state index contributed by atoms with van der Waals surface area (Å²) < 4.78 is 0. The van der Waals surface area contributed by atoms with E-state index >= 15 is 0 Å². The Kier molecular flexibility index (Phi) is 6.80. The fourth-order valence-electron chi connectivity index (χ4n) is 3.32. The minimum absolute atomic E-state index is 0.0844. The quantitative estimate of drug-likeness (QED) is 0.618. The first kappa shape index (κ1) is 19.3. The van der Waals surface area contributed by atoms with Crippen LogP contribution in [0.2, 0.25) is 0 Å². The second kappa shape index (κ2) is 9.49. The van der Waals surface area contributed by atoms with Gasteiger partial charge in [0.05, 0.1) is 17.5 Å². The molecule has 3 rings (SSSR count). The Morgan fingerprint density at radius 3 is 2.04 bits per heavy atom. The normalized spacial score (nSPS) is 13.3. The van der Waals surface area contributed by atoms with Gasteiger partial charge in [-0.2, -0.15) is 0 Å². The van der Waals surface area contributed by atoms with Gasteiger partial charge in [0, 0.05) is 0 Å². The van der Waals surface area contributed by atoms with Crippen LogP contribution in [0.5, 0.6) is 0 Å². The molecule has 1 unspecified atom stereocenters. The third-order valence-corrected chi connectivity index (χ3v) is 5.87. The van der Waals surface area contributed by atoms with E-state index in [1.807, 2.05) is 43.3 Å². The molecule has 27 heavy (non-hydrogen) atoms. The number of thiophene rings is 1. The first-order chi connectivity index (χ1) is 13.2. The molecule has 3 nitrogen and oxygen atoms in total. The number of hydrogen-bond acceptors (Lipinski definition) is 2. The second-order valence-corrected chi connectivity index (χ2v) is 7.78. The van der Waals surface area contributed by atoms with Crippen LogP contribution in [0.3, 0.4) is 0 Å². The molecule has 2 N–H and O–H groups in total. The van der Waals surface area contributed by atoms with E-state index in [9.17, 15) is 4.79 Å². The van der Waals surface area contributed by atoms with Gasteiger partial charge in [0.1, 0.15) is 6.54 Å². The molecular weight excluding hydrogens is 352 g/mol. The maximum Gasteiger partial charge on any atom is 0.278 e. The molecule has 0 aliphatic rings. The van der Waals surface area contributed by atoms with E-state index in [-0.39, 0.29) is 18.0 Å². The lowest BCUT2D eigenvalue weighted by atomic mass is 9.98. The van der Waals surface area contributed by atoms with E-state index in [2.05, 4.69) is 54.0 Å². The number of quaternary nitrogens is 1. The number of carbonyl (C=O) groups excluding carboxylic acids is 1. The molecule has 0 saturated heterocycles. The third-order valence-electron chi connectivity index (χ3n) is 4.99. The summed E-state index contributed by atoms with van der Waals surface area (Å²) in [5.41, 5.74) is 2.20. The van der Waals surface area contributed by atoms with Crippen molar-refractivity contribution in [1.82, 2.24) is 5.32 Å². The molecule has 1 heterocycles. The Labute approximate surface area is 165 Å². The minimum Gasteiger partial charge on any atom is -0.340 e. The lowest BCUT2D eigenvalue weighted by Gasteiger charge is -2.26. The van der Waals surface area contributed by atoms with Crippen LogP contribution < -0.4 is 10.2 Å². The fraction of sp³-hybridized carbons (Fsp3) is 0.261. The van der Waals surface area contributed by atoms with Crippen LogP contribution in [0.1, 0.15) is 35.9 Å². The van der Waals surface area contributed by atoms with Gasteiger partial charge in [0.2, 0.25) is 0 Å². The average molecular weight is 380 g/mol. The van der Waals surface area contributed by atoms with Gasteiger partial charge >= 0.3 is 0 Å². The highest BCUT2D eigenvalue weighted by molar-refractivity contribution is 7.09. The Balaban J connectivity index is 1.77. The predicted octanol–water partition coefficient (Wildman–Crippen LogP) is 3.45. The SMILES string of the molecule is CC[NH+](Cc1cccs1)[C@H](C)C(=O)NC(c1ccccc1)c1ccccc1. The summed E-state index contributed by atoms with van der Waals surface area (Å²) in [5.74, 6) is 0.0844. The van der Waals surface area contributed by atoms with Gasteiger partial charge in [-0.3, -0.25) is 4.79 Å². The van der Waals surface area contributed by atoms with E-state index in [1.54, 1.807) is 11.3 Å². The highest BCUT2D eigenvalue weighted by atomic mass is 32.1. The van der Waals surface area contributed by atoms with E-state index in [0.29, 0.717) is 0 Å². The van der Waals surface area contributed by atoms with E-state index in [4.69, 9.17) is 0 Å². The smallest absolute Gasteiger partial charge is 0.278 e. The van der Waals surface area contributed by atoms with E-state index in [1.165, 1.54) is 9.78 Å². The molecule has 0 fully saturated rings. The monoisotopic (exact) mass is 379 g/mol. The predicted molar refractivity (Wildman–Crippen MR) is 112 cm³/mol. The van der Waals surface area contributed by atoms with Crippen LogP contribution in [0.4, 0.5) is 0 Å². The summed E-state index contributed by atoms with van der Waals surface area (Å²) in [6.07, 6.45) is 0. The third kappa shape index (κ3) is 5.06. The van der Waals surface area contributed by atoms with Gasteiger partial charge in [-0.05, 0) is 36.4 Å². The molecule has 0 bridgehead atoms. The lowest BCUT2D eigenvalue weighted by molar-refractivity contribution is -0.925. The zero-order valence-corrected chi connectivity index (χ0v) is 16.7. The van der Waals surface area contributed by atoms with Crippen LogP contribution in [0.15, 0.2) is 78.2 Å². The number of hydrogen-bond donors (Lipinski definition) is 2. The number of carbonyl (C=O) groups is 1. The van der Waals surface area contributed by atoms with E-state index in [0.717, 1.165) is 24.2 Å². The Hall–Kier alpha value is -2.43. The zero-order chi connectivity index (χ0) is 19.1.